The molecular formula is C10H18O2. The first kappa shape index (κ1) is 11.4. The molecule has 2 heteroatoms. The van der Waals surface area contributed by atoms with Gasteiger partial charge < -0.3 is 10.2 Å². The molecule has 0 radical (unpaired) electrons. The van der Waals surface area contributed by atoms with Crippen molar-refractivity contribution in [1.82, 2.24) is 0 Å². The van der Waals surface area contributed by atoms with Crippen LogP contribution in [0.4, 0.5) is 0 Å². The molecule has 0 saturated carbocycles. The van der Waals surface area contributed by atoms with Crippen LogP contribution in [0.1, 0.15) is 19.8 Å². The Bertz CT molecular complexity index is 127. The summed E-state index contributed by atoms with van der Waals surface area (Å²) in [7, 11) is 0. The highest BCUT2D eigenvalue weighted by atomic mass is 16.3. The molecular weight excluding hydrogens is 152 g/mol. The molecule has 0 aliphatic carbocycles. The molecule has 0 aromatic heterocycles. The van der Waals surface area contributed by atoms with Crippen LogP contribution >= 0.6 is 0 Å². The SMILES string of the molecule is C=CC[C@H](O)C(C)[C@@H](O)CC=C. The van der Waals surface area contributed by atoms with Crippen molar-refractivity contribution in [3.8, 4) is 0 Å². The lowest BCUT2D eigenvalue weighted by Gasteiger charge is -2.22. The Balaban J connectivity index is 3.88. The maximum Gasteiger partial charge on any atom is 0.0624 e. The van der Waals surface area contributed by atoms with Gasteiger partial charge in [-0.15, -0.1) is 13.2 Å². The number of rotatable bonds is 6. The van der Waals surface area contributed by atoms with E-state index in [0.29, 0.717) is 12.8 Å². The lowest BCUT2D eigenvalue weighted by atomic mass is 9.94. The summed E-state index contributed by atoms with van der Waals surface area (Å²) < 4.78 is 0. The third kappa shape index (κ3) is 3.69. The van der Waals surface area contributed by atoms with E-state index in [1.807, 2.05) is 6.92 Å². The van der Waals surface area contributed by atoms with Crippen molar-refractivity contribution in [1.29, 1.82) is 0 Å². The van der Waals surface area contributed by atoms with Gasteiger partial charge in [-0.2, -0.15) is 0 Å². The normalized spacial score (nSPS) is 15.7. The zero-order valence-electron chi connectivity index (χ0n) is 7.61. The molecule has 0 fully saturated rings. The van der Waals surface area contributed by atoms with E-state index in [0.717, 1.165) is 0 Å². The summed E-state index contributed by atoms with van der Waals surface area (Å²) in [6.07, 6.45) is 3.35. The molecule has 0 spiro atoms. The Morgan fingerprint density at radius 1 is 1.08 bits per heavy atom. The van der Waals surface area contributed by atoms with Crippen LogP contribution < -0.4 is 0 Å². The Hall–Kier alpha value is -0.600. The first-order valence-electron chi connectivity index (χ1n) is 4.21. The third-order valence-corrected chi connectivity index (χ3v) is 2.03. The van der Waals surface area contributed by atoms with Gasteiger partial charge in [0.15, 0.2) is 0 Å². The fourth-order valence-electron chi connectivity index (χ4n) is 1.03. The average molecular weight is 170 g/mol. The highest BCUT2D eigenvalue weighted by molar-refractivity contribution is 4.83. The molecule has 70 valence electrons. The van der Waals surface area contributed by atoms with Crippen LogP contribution in [-0.4, -0.2) is 22.4 Å². The Labute approximate surface area is 74.2 Å². The van der Waals surface area contributed by atoms with Crippen LogP contribution in [0.5, 0.6) is 0 Å². The summed E-state index contributed by atoms with van der Waals surface area (Å²) >= 11 is 0. The van der Waals surface area contributed by atoms with Crippen molar-refractivity contribution in [2.24, 2.45) is 5.92 Å². The topological polar surface area (TPSA) is 40.5 Å². The monoisotopic (exact) mass is 170 g/mol. The molecule has 0 saturated heterocycles. The maximum atomic E-state index is 9.45. The van der Waals surface area contributed by atoms with Gasteiger partial charge in [0.1, 0.15) is 0 Å². The van der Waals surface area contributed by atoms with Gasteiger partial charge in [0.2, 0.25) is 0 Å². The Morgan fingerprint density at radius 3 is 1.67 bits per heavy atom. The molecule has 0 aromatic carbocycles. The van der Waals surface area contributed by atoms with E-state index in [9.17, 15) is 10.2 Å². The van der Waals surface area contributed by atoms with Gasteiger partial charge in [0, 0.05) is 5.92 Å². The molecule has 12 heavy (non-hydrogen) atoms. The van der Waals surface area contributed by atoms with Crippen molar-refractivity contribution in [3.05, 3.63) is 25.3 Å². The smallest absolute Gasteiger partial charge is 0.0624 e. The molecule has 0 aromatic rings. The third-order valence-electron chi connectivity index (χ3n) is 2.03. The van der Waals surface area contributed by atoms with Gasteiger partial charge >= 0.3 is 0 Å². The lowest BCUT2D eigenvalue weighted by Crippen LogP contribution is -2.28. The highest BCUT2D eigenvalue weighted by Crippen LogP contribution is 2.14. The minimum Gasteiger partial charge on any atom is -0.392 e. The summed E-state index contributed by atoms with van der Waals surface area (Å²) in [5.74, 6) is -0.124. The molecule has 0 heterocycles. The van der Waals surface area contributed by atoms with Crippen molar-refractivity contribution in [2.45, 2.75) is 32.0 Å². The first-order chi connectivity index (χ1) is 5.63. The minimum absolute atomic E-state index is 0.124. The van der Waals surface area contributed by atoms with Crippen LogP contribution in [-0.2, 0) is 0 Å². The fraction of sp³-hybridized carbons (Fsp3) is 0.600. The number of aliphatic hydroxyl groups excluding tert-OH is 2. The Kier molecular flexibility index (Phi) is 5.68. The number of aliphatic hydroxyl groups is 2. The van der Waals surface area contributed by atoms with Gasteiger partial charge in [0.05, 0.1) is 12.2 Å². The molecule has 0 rings (SSSR count). The largest absolute Gasteiger partial charge is 0.392 e. The van der Waals surface area contributed by atoms with E-state index in [2.05, 4.69) is 13.2 Å². The van der Waals surface area contributed by atoms with Crippen LogP contribution in [0.15, 0.2) is 25.3 Å². The average Bonchev–Trinajstić information content (AvgIpc) is 2.04. The van der Waals surface area contributed by atoms with E-state index >= 15 is 0 Å². The van der Waals surface area contributed by atoms with E-state index in [1.165, 1.54) is 0 Å². The van der Waals surface area contributed by atoms with Crippen molar-refractivity contribution < 1.29 is 10.2 Å². The molecule has 2 nitrogen and oxygen atoms in total. The molecule has 0 aliphatic heterocycles. The second-order valence-corrected chi connectivity index (χ2v) is 3.04. The summed E-state index contributed by atoms with van der Waals surface area (Å²) in [4.78, 5) is 0. The summed E-state index contributed by atoms with van der Waals surface area (Å²) in [5.41, 5.74) is 0. The lowest BCUT2D eigenvalue weighted by molar-refractivity contribution is 0.0255. The highest BCUT2D eigenvalue weighted by Gasteiger charge is 2.19. The van der Waals surface area contributed by atoms with Crippen molar-refractivity contribution >= 4 is 0 Å². The molecule has 0 bridgehead atoms. The summed E-state index contributed by atoms with van der Waals surface area (Å²) in [5, 5.41) is 18.9. The van der Waals surface area contributed by atoms with Gasteiger partial charge in [-0.05, 0) is 12.8 Å². The van der Waals surface area contributed by atoms with Crippen LogP contribution in [0.25, 0.3) is 0 Å². The maximum absolute atomic E-state index is 9.45. The van der Waals surface area contributed by atoms with E-state index < -0.39 is 12.2 Å². The summed E-state index contributed by atoms with van der Waals surface area (Å²) in [6, 6.07) is 0. The van der Waals surface area contributed by atoms with E-state index in [4.69, 9.17) is 0 Å². The van der Waals surface area contributed by atoms with Gasteiger partial charge in [0.25, 0.3) is 0 Å². The van der Waals surface area contributed by atoms with Crippen molar-refractivity contribution in [2.75, 3.05) is 0 Å². The van der Waals surface area contributed by atoms with Gasteiger partial charge in [-0.1, -0.05) is 19.1 Å². The Morgan fingerprint density at radius 2 is 1.42 bits per heavy atom. The zero-order valence-corrected chi connectivity index (χ0v) is 7.61. The minimum atomic E-state index is -0.502. The molecule has 0 amide bonds. The van der Waals surface area contributed by atoms with Crippen LogP contribution in [0.2, 0.25) is 0 Å². The predicted molar refractivity (Wildman–Crippen MR) is 50.8 cm³/mol. The summed E-state index contributed by atoms with van der Waals surface area (Å²) in [6.45, 7) is 8.87. The van der Waals surface area contributed by atoms with Gasteiger partial charge in [-0.3, -0.25) is 0 Å². The number of hydrogen-bond acceptors (Lipinski definition) is 2. The predicted octanol–water partition coefficient (Wildman–Crippen LogP) is 1.50. The standard InChI is InChI=1S/C10H18O2/c1-4-6-9(11)8(3)10(12)7-5-2/h4-5,8-12H,1-2,6-7H2,3H3/t9-,10-/m0/s1. The van der Waals surface area contributed by atoms with Crippen molar-refractivity contribution in [3.63, 3.8) is 0 Å². The number of hydrogen-bond donors (Lipinski definition) is 2. The van der Waals surface area contributed by atoms with Crippen LogP contribution in [0.3, 0.4) is 0 Å². The van der Waals surface area contributed by atoms with Gasteiger partial charge in [-0.25, -0.2) is 0 Å². The second-order valence-electron chi connectivity index (χ2n) is 3.04. The molecule has 0 unspecified atom stereocenters. The quantitative estimate of drug-likeness (QED) is 0.593. The van der Waals surface area contributed by atoms with Crippen LogP contribution in [0, 0.1) is 5.92 Å². The fourth-order valence-corrected chi connectivity index (χ4v) is 1.03. The zero-order chi connectivity index (χ0) is 9.56. The first-order valence-corrected chi connectivity index (χ1v) is 4.21. The van der Waals surface area contributed by atoms with E-state index in [1.54, 1.807) is 12.2 Å². The molecule has 0 aliphatic rings. The second kappa shape index (κ2) is 5.98. The molecule has 2 N–H and O–H groups in total. The molecule has 2 atom stereocenters. The van der Waals surface area contributed by atoms with E-state index in [-0.39, 0.29) is 5.92 Å².